The van der Waals surface area contributed by atoms with Crippen LogP contribution in [0.15, 0.2) is 12.1 Å². The van der Waals surface area contributed by atoms with E-state index in [9.17, 15) is 4.79 Å². The van der Waals surface area contributed by atoms with E-state index in [1.807, 2.05) is 6.92 Å². The fourth-order valence-corrected chi connectivity index (χ4v) is 2.74. The number of amides is 1. The van der Waals surface area contributed by atoms with Gasteiger partial charge in [-0.25, -0.2) is 0 Å². The molecular weight excluding hydrogens is 266 g/mol. The van der Waals surface area contributed by atoms with Gasteiger partial charge >= 0.3 is 0 Å². The number of nitrogens with zero attached hydrogens (tertiary/aromatic N) is 2. The van der Waals surface area contributed by atoms with Gasteiger partial charge in [0.05, 0.1) is 5.54 Å². The van der Waals surface area contributed by atoms with Gasteiger partial charge in [0.1, 0.15) is 5.82 Å². The lowest BCUT2D eigenvalue weighted by Gasteiger charge is -2.39. The van der Waals surface area contributed by atoms with Crippen molar-refractivity contribution in [1.82, 2.24) is 15.5 Å². The first-order chi connectivity index (χ1) is 10.1. The van der Waals surface area contributed by atoms with Crippen LogP contribution >= 0.6 is 0 Å². The van der Waals surface area contributed by atoms with Crippen LogP contribution in [0, 0.1) is 5.92 Å². The first-order valence-corrected chi connectivity index (χ1v) is 7.69. The van der Waals surface area contributed by atoms with Gasteiger partial charge in [0.25, 0.3) is 5.91 Å². The molecule has 1 aromatic rings. The van der Waals surface area contributed by atoms with E-state index in [0.29, 0.717) is 24.6 Å². The third-order valence-corrected chi connectivity index (χ3v) is 4.25. The van der Waals surface area contributed by atoms with Gasteiger partial charge in [0.2, 0.25) is 0 Å². The lowest BCUT2D eigenvalue weighted by molar-refractivity contribution is 0.0950. The molecule has 0 saturated heterocycles. The predicted octanol–water partition coefficient (Wildman–Crippen LogP) is 1.55. The zero-order valence-corrected chi connectivity index (χ0v) is 12.9. The summed E-state index contributed by atoms with van der Waals surface area (Å²) in [6.07, 6.45) is 4.44. The maximum atomic E-state index is 11.6. The SMILES string of the molecule is CCNC(=O)c1ccc(NC2(CN)CCC(C)CC2)nn1. The zero-order chi connectivity index (χ0) is 15.3. The fraction of sp³-hybridized carbons (Fsp3) is 0.667. The maximum Gasteiger partial charge on any atom is 0.271 e. The minimum Gasteiger partial charge on any atom is -0.362 e. The molecule has 0 bridgehead atoms. The summed E-state index contributed by atoms with van der Waals surface area (Å²) in [6.45, 7) is 5.31. The Morgan fingerprint density at radius 1 is 1.38 bits per heavy atom. The molecule has 0 atom stereocenters. The first kappa shape index (κ1) is 15.7. The summed E-state index contributed by atoms with van der Waals surface area (Å²) >= 11 is 0. The van der Waals surface area contributed by atoms with Crippen LogP contribution < -0.4 is 16.4 Å². The highest BCUT2D eigenvalue weighted by Gasteiger charge is 2.33. The number of nitrogens with two attached hydrogens (primary N) is 1. The van der Waals surface area contributed by atoms with Gasteiger partial charge in [-0.3, -0.25) is 4.79 Å². The van der Waals surface area contributed by atoms with E-state index in [1.54, 1.807) is 12.1 Å². The smallest absolute Gasteiger partial charge is 0.271 e. The molecule has 0 aromatic carbocycles. The molecule has 21 heavy (non-hydrogen) atoms. The van der Waals surface area contributed by atoms with Crippen molar-refractivity contribution in [2.75, 3.05) is 18.4 Å². The van der Waals surface area contributed by atoms with Gasteiger partial charge in [-0.15, -0.1) is 10.2 Å². The topological polar surface area (TPSA) is 92.9 Å². The van der Waals surface area contributed by atoms with Crippen LogP contribution in [0.2, 0.25) is 0 Å². The van der Waals surface area contributed by atoms with E-state index in [0.717, 1.165) is 18.8 Å². The summed E-state index contributed by atoms with van der Waals surface area (Å²) in [6, 6.07) is 3.49. The fourth-order valence-electron chi connectivity index (χ4n) is 2.74. The molecule has 2 rings (SSSR count). The number of anilines is 1. The number of carbonyl (C=O) groups is 1. The molecule has 6 heteroatoms. The highest BCUT2D eigenvalue weighted by atomic mass is 16.1. The standard InChI is InChI=1S/C15H25N5O/c1-3-17-14(21)12-4-5-13(20-19-12)18-15(10-16)8-6-11(2)7-9-15/h4-5,11H,3,6-10,16H2,1-2H3,(H,17,21)(H,18,20). The van der Waals surface area contributed by atoms with E-state index >= 15 is 0 Å². The molecule has 1 aliphatic rings. The normalized spacial score (nSPS) is 25.4. The molecule has 0 spiro atoms. The minimum absolute atomic E-state index is 0.0889. The Balaban J connectivity index is 2.03. The summed E-state index contributed by atoms with van der Waals surface area (Å²) in [5, 5.41) is 14.2. The number of hydrogen-bond acceptors (Lipinski definition) is 5. The average molecular weight is 291 g/mol. The third kappa shape index (κ3) is 3.91. The zero-order valence-electron chi connectivity index (χ0n) is 12.9. The largest absolute Gasteiger partial charge is 0.362 e. The first-order valence-electron chi connectivity index (χ1n) is 7.69. The van der Waals surface area contributed by atoms with E-state index in [-0.39, 0.29) is 11.4 Å². The second-order valence-electron chi connectivity index (χ2n) is 5.96. The molecule has 1 aromatic heterocycles. The van der Waals surface area contributed by atoms with Gasteiger partial charge < -0.3 is 16.4 Å². The van der Waals surface area contributed by atoms with Crippen LogP contribution in [0.25, 0.3) is 0 Å². The van der Waals surface area contributed by atoms with Crippen molar-refractivity contribution < 1.29 is 4.79 Å². The van der Waals surface area contributed by atoms with Crippen LogP contribution in [0.5, 0.6) is 0 Å². The molecule has 1 heterocycles. The van der Waals surface area contributed by atoms with E-state index in [4.69, 9.17) is 5.73 Å². The van der Waals surface area contributed by atoms with Crippen molar-refractivity contribution in [2.24, 2.45) is 11.7 Å². The van der Waals surface area contributed by atoms with E-state index in [2.05, 4.69) is 27.8 Å². The van der Waals surface area contributed by atoms with Crippen LogP contribution in [-0.2, 0) is 0 Å². The van der Waals surface area contributed by atoms with Crippen molar-refractivity contribution in [3.8, 4) is 0 Å². The second kappa shape index (κ2) is 6.85. The Morgan fingerprint density at radius 3 is 2.62 bits per heavy atom. The van der Waals surface area contributed by atoms with Gasteiger partial charge in [-0.2, -0.15) is 0 Å². The monoisotopic (exact) mass is 291 g/mol. The molecule has 6 nitrogen and oxygen atoms in total. The maximum absolute atomic E-state index is 11.6. The Labute approximate surface area is 125 Å². The van der Waals surface area contributed by atoms with Crippen LogP contribution in [0.3, 0.4) is 0 Å². The molecule has 4 N–H and O–H groups in total. The Hall–Kier alpha value is -1.69. The summed E-state index contributed by atoms with van der Waals surface area (Å²) in [5.41, 5.74) is 6.22. The number of hydrogen-bond donors (Lipinski definition) is 3. The summed E-state index contributed by atoms with van der Waals surface area (Å²) in [7, 11) is 0. The highest BCUT2D eigenvalue weighted by molar-refractivity contribution is 5.92. The molecule has 1 saturated carbocycles. The number of carbonyl (C=O) groups excluding carboxylic acids is 1. The number of nitrogens with one attached hydrogen (secondary N) is 2. The van der Waals surface area contributed by atoms with Crippen LogP contribution in [0.1, 0.15) is 50.0 Å². The van der Waals surface area contributed by atoms with Crippen molar-refractivity contribution in [2.45, 2.75) is 45.1 Å². The van der Waals surface area contributed by atoms with Gasteiger partial charge in [-0.05, 0) is 50.7 Å². The van der Waals surface area contributed by atoms with Crippen molar-refractivity contribution in [3.05, 3.63) is 17.8 Å². The lowest BCUT2D eigenvalue weighted by Crippen LogP contribution is -2.48. The molecule has 1 fully saturated rings. The molecule has 1 amide bonds. The average Bonchev–Trinajstić information content (AvgIpc) is 2.51. The second-order valence-corrected chi connectivity index (χ2v) is 5.96. The molecule has 0 unspecified atom stereocenters. The third-order valence-electron chi connectivity index (χ3n) is 4.25. The summed E-state index contributed by atoms with van der Waals surface area (Å²) in [5.74, 6) is 1.25. The highest BCUT2D eigenvalue weighted by Crippen LogP contribution is 2.33. The number of rotatable bonds is 5. The lowest BCUT2D eigenvalue weighted by atomic mass is 9.77. The molecule has 0 aliphatic heterocycles. The Morgan fingerprint density at radius 2 is 2.10 bits per heavy atom. The van der Waals surface area contributed by atoms with Gasteiger partial charge in [0.15, 0.2) is 5.69 Å². The van der Waals surface area contributed by atoms with Gasteiger partial charge in [-0.1, -0.05) is 6.92 Å². The number of aromatic nitrogens is 2. The summed E-state index contributed by atoms with van der Waals surface area (Å²) in [4.78, 5) is 11.6. The van der Waals surface area contributed by atoms with E-state index < -0.39 is 0 Å². The van der Waals surface area contributed by atoms with Crippen molar-refractivity contribution in [3.63, 3.8) is 0 Å². The summed E-state index contributed by atoms with van der Waals surface area (Å²) < 4.78 is 0. The quantitative estimate of drug-likeness (QED) is 0.765. The molecular formula is C15H25N5O. The van der Waals surface area contributed by atoms with Gasteiger partial charge in [0, 0.05) is 13.1 Å². The van der Waals surface area contributed by atoms with Crippen molar-refractivity contribution >= 4 is 11.7 Å². The van der Waals surface area contributed by atoms with E-state index in [1.165, 1.54) is 12.8 Å². The Kier molecular flexibility index (Phi) is 5.12. The minimum atomic E-state index is -0.198. The van der Waals surface area contributed by atoms with Crippen molar-refractivity contribution in [1.29, 1.82) is 0 Å². The molecule has 1 aliphatic carbocycles. The van der Waals surface area contributed by atoms with Crippen LogP contribution in [0.4, 0.5) is 5.82 Å². The van der Waals surface area contributed by atoms with Crippen LogP contribution in [-0.4, -0.2) is 34.7 Å². The molecule has 0 radical (unpaired) electrons. The molecule has 116 valence electrons. The predicted molar refractivity (Wildman–Crippen MR) is 83.1 cm³/mol. The Bertz CT molecular complexity index is 465.